The van der Waals surface area contributed by atoms with Gasteiger partial charge in [0.05, 0.1) is 61.4 Å². The summed E-state index contributed by atoms with van der Waals surface area (Å²) >= 11 is 0. The summed E-state index contributed by atoms with van der Waals surface area (Å²) in [4.78, 5) is 101. The number of carbonyl (C=O) groups is 7. The number of nitrogens with two attached hydrogens (primary N) is 2. The number of unbranched alkanes of at least 4 members (excludes halogenated alkanes) is 1. The van der Waals surface area contributed by atoms with Gasteiger partial charge in [0.2, 0.25) is 35.4 Å². The van der Waals surface area contributed by atoms with Gasteiger partial charge in [-0.15, -0.1) is 0 Å². The molecule has 77 heavy (non-hydrogen) atoms. The van der Waals surface area contributed by atoms with Crippen LogP contribution >= 0.6 is 0 Å². The summed E-state index contributed by atoms with van der Waals surface area (Å²) in [6, 6.07) is 11.6. The average molecular weight is 1080 g/mol. The molecule has 1 aliphatic rings. The van der Waals surface area contributed by atoms with Crippen molar-refractivity contribution < 1.29 is 52.9 Å². The van der Waals surface area contributed by atoms with Crippen molar-refractivity contribution in [2.24, 2.45) is 35.1 Å². The van der Waals surface area contributed by atoms with Gasteiger partial charge in [0.1, 0.15) is 18.7 Å². The number of likely N-dealkylation sites (tertiary alicyclic amines) is 1. The molecule has 0 aliphatic carbocycles. The molecular weight excluding hydrogens is 987 g/mol. The van der Waals surface area contributed by atoms with Gasteiger partial charge in [-0.25, -0.2) is 4.79 Å². The Hall–Kier alpha value is -5.67. The number of nitrogens with zero attached hydrogens (tertiary/aromatic N) is 3. The van der Waals surface area contributed by atoms with Crippen molar-refractivity contribution in [3.63, 3.8) is 0 Å². The predicted octanol–water partition coefficient (Wildman–Crippen LogP) is 4.87. The summed E-state index contributed by atoms with van der Waals surface area (Å²) in [5.41, 5.74) is 13.4. The fourth-order valence-corrected chi connectivity index (χ4v) is 9.91. The van der Waals surface area contributed by atoms with Crippen molar-refractivity contribution in [2.45, 2.75) is 175 Å². The highest BCUT2D eigenvalue weighted by Crippen LogP contribution is 2.30. The first-order valence-electron chi connectivity index (χ1n) is 27.6. The minimum atomic E-state index is -1.00. The smallest absolute Gasteiger partial charge is 0.410 e. The lowest BCUT2D eigenvalue weighted by atomic mass is 9.89. The molecule has 1 fully saturated rings. The summed E-state index contributed by atoms with van der Waals surface area (Å²) in [6.45, 7) is 17.4. The zero-order valence-electron chi connectivity index (χ0n) is 47.9. The van der Waals surface area contributed by atoms with Gasteiger partial charge in [-0.3, -0.25) is 33.7 Å². The Morgan fingerprint density at radius 3 is 2.06 bits per heavy atom. The number of likely N-dealkylation sites (N-methyl/N-ethyl adjacent to an activating group) is 1. The van der Waals surface area contributed by atoms with Crippen LogP contribution in [0.15, 0.2) is 54.6 Å². The van der Waals surface area contributed by atoms with Crippen LogP contribution in [0.4, 0.5) is 10.5 Å². The summed E-state index contributed by atoms with van der Waals surface area (Å²) in [7, 11) is 4.52. The van der Waals surface area contributed by atoms with Crippen LogP contribution in [0.2, 0.25) is 0 Å². The zero-order valence-corrected chi connectivity index (χ0v) is 47.9. The Kier molecular flexibility index (Phi) is 28.1. The van der Waals surface area contributed by atoms with E-state index in [1.54, 1.807) is 73.9 Å². The molecule has 0 bridgehead atoms. The van der Waals surface area contributed by atoms with E-state index < -0.39 is 84.3 Å². The fourth-order valence-electron chi connectivity index (χ4n) is 9.91. The second-order valence-corrected chi connectivity index (χ2v) is 21.3. The lowest BCUT2D eigenvalue weighted by molar-refractivity contribution is -0.147. The third kappa shape index (κ3) is 19.3. The van der Waals surface area contributed by atoms with Gasteiger partial charge in [-0.1, -0.05) is 111 Å². The van der Waals surface area contributed by atoms with Crippen LogP contribution in [0.1, 0.15) is 131 Å². The first-order chi connectivity index (χ1) is 36.6. The molecule has 2 aromatic carbocycles. The number of rotatable bonds is 32. The minimum absolute atomic E-state index is 0.0455. The van der Waals surface area contributed by atoms with Crippen molar-refractivity contribution in [3.05, 3.63) is 65.7 Å². The van der Waals surface area contributed by atoms with Gasteiger partial charge in [-0.2, -0.15) is 0 Å². The molecule has 1 aliphatic heterocycles. The number of benzene rings is 2. The van der Waals surface area contributed by atoms with E-state index in [-0.39, 0.29) is 55.0 Å². The van der Waals surface area contributed by atoms with Gasteiger partial charge in [0, 0.05) is 40.0 Å². The van der Waals surface area contributed by atoms with Crippen molar-refractivity contribution >= 4 is 47.2 Å². The molecule has 11 atom stereocenters. The molecule has 1 unspecified atom stereocenters. The Labute approximate surface area is 457 Å². The highest BCUT2D eigenvalue weighted by Gasteiger charge is 2.43. The highest BCUT2D eigenvalue weighted by atomic mass is 16.6. The van der Waals surface area contributed by atoms with Crippen LogP contribution in [0.3, 0.4) is 0 Å². The SMILES string of the molecule is CCCCN(C(=O)CNC(=O)[C@H](C(C)C)N(C)C(=O)OCc1ccc(NC(=O)C(CCCN)NC(=O)[C@@H](N)C(C)C)cc1)[C@@H]([C@@H](C)CC)[C@@H](CC(=O)N1CCC[C@H]1[C@H](OC)[C@@H](C)C(=O)N[C@H](C)[C@@H](O)c1ccccc1)OC. The van der Waals surface area contributed by atoms with E-state index in [9.17, 15) is 38.7 Å². The van der Waals surface area contributed by atoms with Crippen LogP contribution in [0.5, 0.6) is 0 Å². The molecule has 0 aromatic heterocycles. The largest absolute Gasteiger partial charge is 0.445 e. The van der Waals surface area contributed by atoms with Gasteiger partial charge in [0.15, 0.2) is 0 Å². The van der Waals surface area contributed by atoms with Crippen LogP contribution in [-0.2, 0) is 49.6 Å². The molecule has 0 radical (unpaired) electrons. The quantitative estimate of drug-likeness (QED) is 0.0516. The van der Waals surface area contributed by atoms with E-state index in [4.69, 9.17) is 25.7 Å². The number of aliphatic hydroxyl groups excluding tert-OH is 1. The molecule has 7 amide bonds. The first kappa shape index (κ1) is 65.6. The highest BCUT2D eigenvalue weighted by molar-refractivity contribution is 5.98. The van der Waals surface area contributed by atoms with E-state index in [2.05, 4.69) is 21.3 Å². The zero-order chi connectivity index (χ0) is 57.5. The minimum Gasteiger partial charge on any atom is -0.445 e. The maximum absolute atomic E-state index is 14.5. The molecule has 2 aromatic rings. The van der Waals surface area contributed by atoms with Crippen molar-refractivity contribution in [3.8, 4) is 0 Å². The fraction of sp³-hybridized carbons (Fsp3) is 0.667. The molecule has 1 saturated heterocycles. The second kappa shape index (κ2) is 32.9. The standard InChI is InChI=1S/C57H93N9O11/c1-13-15-30-66(50(37(7)14-2)45(75-11)32-46(67)65-31-20-24-44(65)52(76-12)38(8)53(70)61-39(9)51(69)41-21-17-16-18-22-41)47(68)33-60-56(73)49(36(5)6)64(10)57(74)77-34-40-25-27-42(28-26-40)62-54(71)43(23-19-29-58)63-55(72)48(59)35(3)4/h16-18,21-22,25-28,35-39,43-45,48-52,69H,13-15,19-20,23-24,29-34,58-59H2,1-12H3,(H,60,73)(H,61,70)(H,62,71)(H,63,72)/t37-,38+,39+,43?,44-,45+,48-,49-,50-,51+,52+/m0/s1. The molecule has 3 rings (SSSR count). The molecule has 9 N–H and O–H groups in total. The lowest BCUT2D eigenvalue weighted by Crippen LogP contribution is -2.57. The van der Waals surface area contributed by atoms with Gasteiger partial charge >= 0.3 is 6.09 Å². The van der Waals surface area contributed by atoms with E-state index in [1.807, 2.05) is 52.8 Å². The number of aliphatic hydroxyl groups is 1. The number of hydrogen-bond donors (Lipinski definition) is 7. The lowest BCUT2D eigenvalue weighted by Gasteiger charge is -2.41. The molecule has 0 spiro atoms. The van der Waals surface area contributed by atoms with E-state index in [0.717, 1.165) is 6.42 Å². The Bertz CT molecular complexity index is 2170. The van der Waals surface area contributed by atoms with Gasteiger partial charge in [0.25, 0.3) is 0 Å². The van der Waals surface area contributed by atoms with Crippen LogP contribution in [0, 0.1) is 23.7 Å². The number of nitrogens with one attached hydrogen (secondary N) is 4. The monoisotopic (exact) mass is 1080 g/mol. The van der Waals surface area contributed by atoms with Crippen molar-refractivity contribution in [1.29, 1.82) is 0 Å². The number of anilines is 1. The summed E-state index contributed by atoms with van der Waals surface area (Å²) in [5, 5.41) is 22.2. The first-order valence-corrected chi connectivity index (χ1v) is 27.6. The molecule has 0 saturated carbocycles. The van der Waals surface area contributed by atoms with Crippen molar-refractivity contribution in [1.82, 2.24) is 30.7 Å². The van der Waals surface area contributed by atoms with Crippen LogP contribution in [0.25, 0.3) is 0 Å². The van der Waals surface area contributed by atoms with Crippen LogP contribution in [-0.4, -0.2) is 157 Å². The molecule has 432 valence electrons. The van der Waals surface area contributed by atoms with Gasteiger partial charge < -0.3 is 61.9 Å². The number of amides is 7. The van der Waals surface area contributed by atoms with Crippen LogP contribution < -0.4 is 32.7 Å². The van der Waals surface area contributed by atoms with E-state index >= 15 is 0 Å². The van der Waals surface area contributed by atoms with Gasteiger partial charge in [-0.05, 0) is 86.6 Å². The maximum Gasteiger partial charge on any atom is 0.410 e. The number of methoxy groups -OCH3 is 2. The molecule has 20 nitrogen and oxygen atoms in total. The van der Waals surface area contributed by atoms with E-state index in [0.29, 0.717) is 75.0 Å². The number of ether oxygens (including phenoxy) is 3. The number of hydrogen-bond acceptors (Lipinski definition) is 13. The molecular formula is C57H93N9O11. The normalized spacial score (nSPS) is 17.4. The Morgan fingerprint density at radius 2 is 1.49 bits per heavy atom. The average Bonchev–Trinajstić information content (AvgIpc) is 3.90. The van der Waals surface area contributed by atoms with E-state index in [1.165, 1.54) is 26.2 Å². The summed E-state index contributed by atoms with van der Waals surface area (Å²) < 4.78 is 17.7. The Morgan fingerprint density at radius 1 is 0.831 bits per heavy atom. The second-order valence-electron chi connectivity index (χ2n) is 21.3. The molecule has 20 heteroatoms. The topological polar surface area (TPSA) is 277 Å². The summed E-state index contributed by atoms with van der Waals surface area (Å²) in [6.07, 6.45) is 1.18. The summed E-state index contributed by atoms with van der Waals surface area (Å²) in [5.74, 6) is -3.54. The predicted molar refractivity (Wildman–Crippen MR) is 297 cm³/mol. The maximum atomic E-state index is 14.5. The number of carbonyl (C=O) groups excluding carboxylic acids is 7. The third-order valence-electron chi connectivity index (χ3n) is 14.8. The Balaban J connectivity index is 1.69. The van der Waals surface area contributed by atoms with Crippen molar-refractivity contribution in [2.75, 3.05) is 52.8 Å². The molecule has 1 heterocycles. The third-order valence-corrected chi connectivity index (χ3v) is 14.8.